The Bertz CT molecular complexity index is 1740. The van der Waals surface area contributed by atoms with E-state index in [-0.39, 0.29) is 23.3 Å². The van der Waals surface area contributed by atoms with Crippen LogP contribution in [0.3, 0.4) is 0 Å². The topological polar surface area (TPSA) is 34.1 Å². The van der Waals surface area contributed by atoms with Gasteiger partial charge in [0, 0.05) is 0 Å². The Hall–Kier alpha value is -4.53. The summed E-state index contributed by atoms with van der Waals surface area (Å²) in [6, 6.07) is 6.49. The van der Waals surface area contributed by atoms with Crippen molar-refractivity contribution in [2.45, 2.75) is 10.5 Å². The van der Waals surface area contributed by atoms with Gasteiger partial charge in [-0.2, -0.15) is 0 Å². The lowest BCUT2D eigenvalue weighted by Gasteiger charge is -2.22. The number of sulfone groups is 1. The smallest absolute Gasteiger partial charge is 0.200 e. The van der Waals surface area contributed by atoms with Crippen LogP contribution >= 0.6 is 0 Å². The molecule has 0 spiro atoms. The molecule has 0 bridgehead atoms. The molecule has 0 radical (unpaired) electrons. The van der Waals surface area contributed by atoms with E-state index in [1.807, 2.05) is 0 Å². The highest BCUT2D eigenvalue weighted by Gasteiger charge is 2.35. The molecule has 0 amide bonds. The Labute approximate surface area is 246 Å². The van der Waals surface area contributed by atoms with E-state index in [0.29, 0.717) is 12.2 Å². The van der Waals surface area contributed by atoms with Gasteiger partial charge in [-0.25, -0.2) is 61.1 Å². The van der Waals surface area contributed by atoms with Crippen molar-refractivity contribution in [1.29, 1.82) is 0 Å². The Morgan fingerprint density at radius 3 is 0.911 bits per heavy atom. The van der Waals surface area contributed by atoms with Crippen LogP contribution in [-0.4, -0.2) is 8.42 Å². The molecule has 15 heteroatoms. The molecule has 0 aromatic heterocycles. The summed E-state index contributed by atoms with van der Waals surface area (Å²) in [7, 11) is -5.07. The Balaban J connectivity index is 1.95. The van der Waals surface area contributed by atoms with Crippen molar-refractivity contribution in [2.24, 2.45) is 0 Å². The van der Waals surface area contributed by atoms with Gasteiger partial charge < -0.3 is 0 Å². The fourth-order valence-corrected chi connectivity index (χ4v) is 6.17. The molecule has 4 aromatic rings. The van der Waals surface area contributed by atoms with Crippen molar-refractivity contribution in [3.8, 4) is 0 Å². The monoisotopic (exact) mass is 666 g/mol. The number of benzene rings is 4. The number of halogens is 12. The summed E-state index contributed by atoms with van der Waals surface area (Å²) in [5.41, 5.74) is -3.87. The second-order valence-corrected chi connectivity index (χ2v) is 11.4. The van der Waals surface area contributed by atoms with E-state index < -0.39 is 101 Å². The molecule has 0 fully saturated rings. The molecule has 0 saturated heterocycles. The first kappa shape index (κ1) is 33.4. The molecule has 0 N–H and O–H groups in total. The fourth-order valence-electron chi connectivity index (χ4n) is 4.19. The molecule has 0 aliphatic rings. The summed E-state index contributed by atoms with van der Waals surface area (Å²) in [5, 5.41) is -4.33. The average Bonchev–Trinajstić information content (AvgIpc) is 3.01. The Kier molecular flexibility index (Phi) is 9.51. The van der Waals surface area contributed by atoms with Gasteiger partial charge in [0.15, 0.2) is 56.4 Å². The molecular weight excluding hydrogens is 652 g/mol. The fraction of sp³-hybridized carbons (Fsp3) is 0.0667. The number of rotatable bonds is 8. The predicted octanol–water partition coefficient (Wildman–Crippen LogP) is 8.98. The first-order chi connectivity index (χ1) is 21.1. The van der Waals surface area contributed by atoms with Gasteiger partial charge in [0.05, 0.1) is 11.1 Å². The quantitative estimate of drug-likeness (QED) is 0.107. The van der Waals surface area contributed by atoms with Crippen LogP contribution in [0.15, 0.2) is 60.7 Å². The van der Waals surface area contributed by atoms with Crippen LogP contribution in [0.2, 0.25) is 0 Å². The van der Waals surface area contributed by atoms with Crippen molar-refractivity contribution in [1.82, 2.24) is 0 Å². The zero-order chi connectivity index (χ0) is 33.4. The molecule has 45 heavy (non-hydrogen) atoms. The lowest BCUT2D eigenvalue weighted by Crippen LogP contribution is -2.19. The van der Waals surface area contributed by atoms with Crippen molar-refractivity contribution in [3.63, 3.8) is 0 Å². The minimum atomic E-state index is -5.07. The molecule has 236 valence electrons. The standard InChI is InChI=1S/C30H14F12O2S/c31-15-5-1-13(2-6-15)19(11-9-17-21(33)25(37)29(41)26(38)22(17)34)45(43,44)20(14-3-7-16(32)8-4-14)12-10-18-23(35)27(39)30(42)28(40)24(18)36/h1-12,19-20H/b11-9+,12-10+. The highest BCUT2D eigenvalue weighted by atomic mass is 32.2. The van der Waals surface area contributed by atoms with Crippen LogP contribution in [0.1, 0.15) is 32.8 Å². The van der Waals surface area contributed by atoms with E-state index in [1.54, 1.807) is 0 Å². The van der Waals surface area contributed by atoms with Gasteiger partial charge in [0.25, 0.3) is 0 Å². The largest absolute Gasteiger partial charge is 0.227 e. The Morgan fingerprint density at radius 2 is 0.644 bits per heavy atom. The molecular formula is C30H14F12O2S. The van der Waals surface area contributed by atoms with Crippen molar-refractivity contribution in [2.75, 3.05) is 0 Å². The average molecular weight is 666 g/mol. The zero-order valence-corrected chi connectivity index (χ0v) is 22.7. The summed E-state index contributed by atoms with van der Waals surface area (Å²) in [6.45, 7) is 0. The van der Waals surface area contributed by atoms with E-state index in [4.69, 9.17) is 0 Å². The third-order valence-corrected chi connectivity index (χ3v) is 8.74. The lowest BCUT2D eigenvalue weighted by atomic mass is 10.1. The maximum atomic E-state index is 14.4. The molecule has 4 rings (SSSR count). The van der Waals surface area contributed by atoms with E-state index >= 15 is 0 Å². The molecule has 0 aliphatic carbocycles. The highest BCUT2D eigenvalue weighted by Crippen LogP contribution is 2.38. The SMILES string of the molecule is O=S(=O)(C(/C=C/c1c(F)c(F)c(F)c(F)c1F)c1ccc(F)cc1)C(/C=C/c1c(F)c(F)c(F)c(F)c1F)c1ccc(F)cc1. The van der Waals surface area contributed by atoms with Gasteiger partial charge in [-0.3, -0.25) is 0 Å². The first-order valence-electron chi connectivity index (χ1n) is 12.2. The van der Waals surface area contributed by atoms with Crippen LogP contribution < -0.4 is 0 Å². The van der Waals surface area contributed by atoms with Crippen LogP contribution in [0.4, 0.5) is 52.7 Å². The molecule has 4 aromatic carbocycles. The maximum absolute atomic E-state index is 14.4. The minimum Gasteiger partial charge on any atom is -0.227 e. The van der Waals surface area contributed by atoms with Crippen LogP contribution in [0.25, 0.3) is 12.2 Å². The highest BCUT2D eigenvalue weighted by molar-refractivity contribution is 7.92. The Morgan fingerprint density at radius 1 is 0.400 bits per heavy atom. The third-order valence-electron chi connectivity index (χ3n) is 6.47. The molecule has 0 saturated carbocycles. The van der Waals surface area contributed by atoms with Gasteiger partial charge in [-0.05, 0) is 35.4 Å². The van der Waals surface area contributed by atoms with Gasteiger partial charge in [-0.15, -0.1) is 0 Å². The normalized spacial score (nSPS) is 13.6. The van der Waals surface area contributed by atoms with E-state index in [2.05, 4.69) is 0 Å². The van der Waals surface area contributed by atoms with Gasteiger partial charge in [-0.1, -0.05) is 48.6 Å². The summed E-state index contributed by atoms with van der Waals surface area (Å²) >= 11 is 0. The second kappa shape index (κ2) is 12.8. The maximum Gasteiger partial charge on any atom is 0.200 e. The molecule has 0 heterocycles. The number of hydrogen-bond acceptors (Lipinski definition) is 2. The second-order valence-electron chi connectivity index (χ2n) is 9.22. The van der Waals surface area contributed by atoms with Crippen molar-refractivity contribution >= 4 is 22.0 Å². The third kappa shape index (κ3) is 6.34. The molecule has 2 nitrogen and oxygen atoms in total. The van der Waals surface area contributed by atoms with E-state index in [0.717, 1.165) is 48.5 Å². The molecule has 0 aliphatic heterocycles. The number of hydrogen-bond donors (Lipinski definition) is 0. The van der Waals surface area contributed by atoms with E-state index in [1.165, 1.54) is 0 Å². The van der Waals surface area contributed by atoms with Gasteiger partial charge >= 0.3 is 0 Å². The van der Waals surface area contributed by atoms with Gasteiger partial charge in [0.2, 0.25) is 11.6 Å². The summed E-state index contributed by atoms with van der Waals surface area (Å²) < 4.78 is 195. The lowest BCUT2D eigenvalue weighted by molar-refractivity contribution is 0.377. The molecule has 2 unspecified atom stereocenters. The summed E-state index contributed by atoms with van der Waals surface area (Å²) in [4.78, 5) is 0. The minimum absolute atomic E-state index is 0.233. The summed E-state index contributed by atoms with van der Waals surface area (Å²) in [5.74, 6) is -25.5. The van der Waals surface area contributed by atoms with Crippen LogP contribution in [0.5, 0.6) is 0 Å². The van der Waals surface area contributed by atoms with Crippen molar-refractivity contribution < 1.29 is 61.1 Å². The summed E-state index contributed by atoms with van der Waals surface area (Å²) in [6.07, 6.45) is 1.39. The predicted molar refractivity (Wildman–Crippen MR) is 138 cm³/mol. The first-order valence-corrected chi connectivity index (χ1v) is 13.8. The van der Waals surface area contributed by atoms with Crippen LogP contribution in [0, 0.1) is 69.8 Å². The van der Waals surface area contributed by atoms with Crippen LogP contribution in [-0.2, 0) is 9.84 Å². The molecule has 2 atom stereocenters. The van der Waals surface area contributed by atoms with Gasteiger partial charge in [0.1, 0.15) is 22.1 Å². The van der Waals surface area contributed by atoms with E-state index in [9.17, 15) is 61.1 Å². The van der Waals surface area contributed by atoms with Crippen molar-refractivity contribution in [3.05, 3.63) is 153 Å². The zero-order valence-electron chi connectivity index (χ0n) is 21.8.